The molecule has 0 unspecified atom stereocenters. The number of carbonyl (C=O) groups excluding carboxylic acids is 2. The molecule has 0 fully saturated rings. The number of halogens is 1. The lowest BCUT2D eigenvalue weighted by molar-refractivity contribution is -0.255. The molecule has 1 N–H and O–H groups in total. The summed E-state index contributed by atoms with van der Waals surface area (Å²) < 4.78 is 0. The topological polar surface area (TPSA) is 69.2 Å². The summed E-state index contributed by atoms with van der Waals surface area (Å²) in [6, 6.07) is 11.7. The van der Waals surface area contributed by atoms with Gasteiger partial charge in [-0.05, 0) is 30.7 Å². The molecule has 1 amide bonds. The van der Waals surface area contributed by atoms with Gasteiger partial charge < -0.3 is 15.2 Å². The van der Waals surface area contributed by atoms with E-state index in [1.165, 1.54) is 6.07 Å². The summed E-state index contributed by atoms with van der Waals surface area (Å²) in [6.07, 6.45) is 0. The van der Waals surface area contributed by atoms with Gasteiger partial charge in [0.15, 0.2) is 0 Å². The zero-order valence-corrected chi connectivity index (χ0v) is 13.3. The molecule has 22 heavy (non-hydrogen) atoms. The average molecular weight is 335 g/mol. The predicted octanol–water partition coefficient (Wildman–Crippen LogP) is 2.74. The van der Waals surface area contributed by atoms with Crippen LogP contribution in [0.3, 0.4) is 0 Å². The number of carboxylic acids is 1. The summed E-state index contributed by atoms with van der Waals surface area (Å²) in [4.78, 5) is 23.4. The number of hydrogen-bond donors (Lipinski definition) is 1. The van der Waals surface area contributed by atoms with Crippen LogP contribution in [-0.2, 0) is 4.79 Å². The van der Waals surface area contributed by atoms with E-state index in [-0.39, 0.29) is 17.2 Å². The van der Waals surface area contributed by atoms with Crippen LogP contribution in [0.25, 0.3) is 0 Å². The maximum absolute atomic E-state index is 11.9. The number of rotatable bonds is 5. The molecule has 0 aromatic heterocycles. The molecule has 4 nitrogen and oxygen atoms in total. The van der Waals surface area contributed by atoms with Gasteiger partial charge in [-0.15, -0.1) is 11.8 Å². The minimum absolute atomic E-state index is 0.0821. The lowest BCUT2D eigenvalue weighted by atomic mass is 10.2. The summed E-state index contributed by atoms with van der Waals surface area (Å²) in [5.74, 6) is -1.40. The van der Waals surface area contributed by atoms with E-state index in [1.54, 1.807) is 30.3 Å². The quantitative estimate of drug-likeness (QED) is 0.854. The van der Waals surface area contributed by atoms with Gasteiger partial charge in [0.1, 0.15) is 0 Å². The van der Waals surface area contributed by atoms with Gasteiger partial charge in [-0.3, -0.25) is 4.79 Å². The number of hydrogen-bond acceptors (Lipinski definition) is 4. The Morgan fingerprint density at radius 2 is 1.95 bits per heavy atom. The first-order valence-corrected chi connectivity index (χ1v) is 7.83. The summed E-state index contributed by atoms with van der Waals surface area (Å²) in [5, 5.41) is 14.3. The number of amides is 1. The Morgan fingerprint density at radius 3 is 2.64 bits per heavy atom. The van der Waals surface area contributed by atoms with E-state index in [1.807, 2.05) is 13.0 Å². The van der Waals surface area contributed by atoms with E-state index in [0.717, 1.165) is 17.3 Å². The third-order valence-electron chi connectivity index (χ3n) is 2.92. The van der Waals surface area contributed by atoms with Gasteiger partial charge in [-0.25, -0.2) is 0 Å². The molecule has 0 saturated heterocycles. The Labute approximate surface area is 137 Å². The number of aryl methyl sites for hydroxylation is 1. The van der Waals surface area contributed by atoms with Crippen LogP contribution < -0.4 is 10.4 Å². The van der Waals surface area contributed by atoms with Crippen LogP contribution in [0.1, 0.15) is 15.9 Å². The third kappa shape index (κ3) is 4.26. The number of anilines is 1. The van der Waals surface area contributed by atoms with Crippen molar-refractivity contribution in [1.29, 1.82) is 0 Å². The van der Waals surface area contributed by atoms with Crippen molar-refractivity contribution in [1.82, 2.24) is 0 Å². The highest BCUT2D eigenvalue weighted by atomic mass is 35.5. The van der Waals surface area contributed by atoms with Gasteiger partial charge in [0, 0.05) is 21.2 Å². The Hall–Kier alpha value is -1.98. The molecule has 0 saturated carbocycles. The molecule has 0 aliphatic carbocycles. The third-order valence-corrected chi connectivity index (χ3v) is 4.40. The summed E-state index contributed by atoms with van der Waals surface area (Å²) in [5.41, 5.74) is 1.62. The van der Waals surface area contributed by atoms with Crippen molar-refractivity contribution in [3.63, 3.8) is 0 Å². The van der Waals surface area contributed by atoms with Crippen molar-refractivity contribution < 1.29 is 14.7 Å². The fourth-order valence-electron chi connectivity index (χ4n) is 1.77. The molecule has 0 heterocycles. The van der Waals surface area contributed by atoms with Gasteiger partial charge in [0.05, 0.1) is 11.7 Å². The molecule has 0 radical (unpaired) electrons. The molecule has 0 spiro atoms. The normalized spacial score (nSPS) is 10.3. The highest BCUT2D eigenvalue weighted by Crippen LogP contribution is 2.23. The fourth-order valence-corrected chi connectivity index (χ4v) is 2.79. The Morgan fingerprint density at radius 1 is 1.23 bits per heavy atom. The Bertz CT molecular complexity index is 718. The van der Waals surface area contributed by atoms with Crippen LogP contribution in [0.15, 0.2) is 47.4 Å². The molecule has 114 valence electrons. The van der Waals surface area contributed by atoms with Crippen molar-refractivity contribution in [2.45, 2.75) is 11.8 Å². The van der Waals surface area contributed by atoms with E-state index in [0.29, 0.717) is 15.6 Å². The zero-order chi connectivity index (χ0) is 16.1. The minimum atomic E-state index is -1.26. The first-order chi connectivity index (χ1) is 10.5. The summed E-state index contributed by atoms with van der Waals surface area (Å²) >= 11 is 7.14. The van der Waals surface area contributed by atoms with Crippen LogP contribution >= 0.6 is 23.4 Å². The molecule has 6 heteroatoms. The maximum Gasteiger partial charge on any atom is 0.234 e. The molecule has 2 aromatic carbocycles. The monoisotopic (exact) mass is 334 g/mol. The second-order valence-corrected chi connectivity index (χ2v) is 6.01. The van der Waals surface area contributed by atoms with Crippen LogP contribution in [0.4, 0.5) is 5.69 Å². The number of carbonyl (C=O) groups is 2. The highest BCUT2D eigenvalue weighted by Gasteiger charge is 2.08. The Kier molecular flexibility index (Phi) is 5.46. The number of benzene rings is 2. The van der Waals surface area contributed by atoms with Gasteiger partial charge in [-0.1, -0.05) is 35.9 Å². The molecular formula is C16H13ClNO3S-. The predicted molar refractivity (Wildman–Crippen MR) is 86.3 cm³/mol. The van der Waals surface area contributed by atoms with E-state index in [2.05, 4.69) is 5.32 Å². The Balaban J connectivity index is 1.98. The fraction of sp³-hybridized carbons (Fsp3) is 0.125. The lowest BCUT2D eigenvalue weighted by Crippen LogP contribution is -2.23. The molecular weight excluding hydrogens is 322 g/mol. The van der Waals surface area contributed by atoms with E-state index in [9.17, 15) is 14.7 Å². The van der Waals surface area contributed by atoms with Crippen molar-refractivity contribution in [2.75, 3.05) is 11.1 Å². The van der Waals surface area contributed by atoms with Gasteiger partial charge in [0.2, 0.25) is 5.91 Å². The highest BCUT2D eigenvalue weighted by molar-refractivity contribution is 8.00. The molecule has 0 aliphatic heterocycles. The van der Waals surface area contributed by atoms with E-state index in [4.69, 9.17) is 11.6 Å². The van der Waals surface area contributed by atoms with Gasteiger partial charge in [0.25, 0.3) is 0 Å². The van der Waals surface area contributed by atoms with Crippen molar-refractivity contribution in [3.05, 3.63) is 58.6 Å². The van der Waals surface area contributed by atoms with E-state index < -0.39 is 5.97 Å². The van der Waals surface area contributed by atoms with Crippen LogP contribution in [0.2, 0.25) is 5.02 Å². The number of aromatic carboxylic acids is 1. The summed E-state index contributed by atoms with van der Waals surface area (Å²) in [6.45, 7) is 1.88. The standard InChI is InChI=1S/C16H14ClNO3S/c1-10-6-7-11(8-13(10)17)18-15(19)9-22-14-5-3-2-4-12(14)16(20)21/h2-8H,9H2,1H3,(H,18,19)(H,20,21)/p-1. The van der Waals surface area contributed by atoms with Crippen LogP contribution in [0, 0.1) is 6.92 Å². The largest absolute Gasteiger partial charge is 0.545 e. The smallest absolute Gasteiger partial charge is 0.234 e. The second-order valence-electron chi connectivity index (χ2n) is 4.58. The molecule has 2 aromatic rings. The molecule has 0 bridgehead atoms. The summed E-state index contributed by atoms with van der Waals surface area (Å²) in [7, 11) is 0. The lowest BCUT2D eigenvalue weighted by Gasteiger charge is -2.10. The molecule has 0 aliphatic rings. The minimum Gasteiger partial charge on any atom is -0.545 e. The SMILES string of the molecule is Cc1ccc(NC(=O)CSc2ccccc2C(=O)[O-])cc1Cl. The number of nitrogens with one attached hydrogen (secondary N) is 1. The van der Waals surface area contributed by atoms with Crippen LogP contribution in [-0.4, -0.2) is 17.6 Å². The first kappa shape index (κ1) is 16.4. The van der Waals surface area contributed by atoms with Gasteiger partial charge in [-0.2, -0.15) is 0 Å². The number of carboxylic acid groups (broad SMARTS) is 1. The average Bonchev–Trinajstić information content (AvgIpc) is 2.49. The second kappa shape index (κ2) is 7.33. The van der Waals surface area contributed by atoms with Gasteiger partial charge >= 0.3 is 0 Å². The van der Waals surface area contributed by atoms with Crippen molar-refractivity contribution >= 4 is 40.9 Å². The van der Waals surface area contributed by atoms with E-state index >= 15 is 0 Å². The first-order valence-electron chi connectivity index (χ1n) is 6.46. The zero-order valence-electron chi connectivity index (χ0n) is 11.8. The molecule has 2 rings (SSSR count). The molecule has 0 atom stereocenters. The number of thioether (sulfide) groups is 1. The maximum atomic E-state index is 11.9. The van der Waals surface area contributed by atoms with Crippen LogP contribution in [0.5, 0.6) is 0 Å². The van der Waals surface area contributed by atoms with Crippen molar-refractivity contribution in [3.8, 4) is 0 Å². The van der Waals surface area contributed by atoms with Crippen molar-refractivity contribution in [2.24, 2.45) is 0 Å².